The second-order valence-electron chi connectivity index (χ2n) is 3.12. The fourth-order valence-corrected chi connectivity index (χ4v) is 1.72. The summed E-state index contributed by atoms with van der Waals surface area (Å²) in [4.78, 5) is 18.2. The number of hydrogen-bond donors (Lipinski definition) is 1. The maximum Gasteiger partial charge on any atom is 0.348 e. The van der Waals surface area contributed by atoms with E-state index >= 15 is 0 Å². The van der Waals surface area contributed by atoms with Gasteiger partial charge in [0.1, 0.15) is 6.33 Å². The fraction of sp³-hybridized carbons (Fsp3) is 0. The largest absolute Gasteiger partial charge is 0.348 e. The highest BCUT2D eigenvalue weighted by Crippen LogP contribution is 2.18. The topological polar surface area (TPSA) is 63.0 Å². The zero-order valence-electron chi connectivity index (χ0n) is 7.44. The molecular weight excluding hydrogens is 216 g/mol. The Bertz CT molecular complexity index is 715. The summed E-state index contributed by atoms with van der Waals surface area (Å²) in [5.41, 5.74) is 0.901. The molecule has 3 aromatic rings. The Balaban J connectivity index is 2.67. The van der Waals surface area contributed by atoms with Crippen LogP contribution in [-0.4, -0.2) is 19.6 Å². The number of nitrogens with zero attached hydrogens (tertiary/aromatic N) is 3. The van der Waals surface area contributed by atoms with E-state index in [2.05, 4.69) is 15.1 Å². The van der Waals surface area contributed by atoms with Gasteiger partial charge in [0.05, 0.1) is 5.52 Å². The van der Waals surface area contributed by atoms with Gasteiger partial charge in [-0.1, -0.05) is 11.6 Å². The quantitative estimate of drug-likeness (QED) is 0.620. The molecule has 15 heavy (non-hydrogen) atoms. The van der Waals surface area contributed by atoms with Gasteiger partial charge in [0.25, 0.3) is 0 Å². The molecule has 2 aromatic heterocycles. The van der Waals surface area contributed by atoms with E-state index in [0.29, 0.717) is 16.2 Å². The number of halogens is 1. The summed E-state index contributed by atoms with van der Waals surface area (Å²) in [5, 5.41) is 5.19. The van der Waals surface area contributed by atoms with E-state index in [1.807, 2.05) is 0 Å². The molecule has 0 unspecified atom stereocenters. The summed E-state index contributed by atoms with van der Waals surface area (Å²) in [6.07, 6.45) is 1.34. The zero-order valence-corrected chi connectivity index (χ0v) is 8.19. The monoisotopic (exact) mass is 220 g/mol. The van der Waals surface area contributed by atoms with Crippen LogP contribution in [0.25, 0.3) is 16.6 Å². The SMILES string of the molecule is O=c1[nH]c2ccc(Cl)cc2c2ncnn12. The third-order valence-corrected chi connectivity index (χ3v) is 2.44. The van der Waals surface area contributed by atoms with Crippen LogP contribution in [-0.2, 0) is 0 Å². The molecule has 0 radical (unpaired) electrons. The Morgan fingerprint density at radius 3 is 3.13 bits per heavy atom. The van der Waals surface area contributed by atoms with Gasteiger partial charge in [0.15, 0.2) is 5.65 Å². The van der Waals surface area contributed by atoms with Crippen molar-refractivity contribution in [2.45, 2.75) is 0 Å². The lowest BCUT2D eigenvalue weighted by atomic mass is 10.2. The molecular formula is C9H5ClN4O. The smallest absolute Gasteiger partial charge is 0.305 e. The van der Waals surface area contributed by atoms with Crippen LogP contribution in [0.5, 0.6) is 0 Å². The Morgan fingerprint density at radius 2 is 2.27 bits per heavy atom. The summed E-state index contributed by atoms with van der Waals surface area (Å²) in [5.74, 6) is 0. The minimum atomic E-state index is -0.308. The molecule has 0 saturated carbocycles. The van der Waals surface area contributed by atoms with Gasteiger partial charge in [-0.25, -0.2) is 9.78 Å². The van der Waals surface area contributed by atoms with Crippen LogP contribution in [0.15, 0.2) is 29.3 Å². The average molecular weight is 221 g/mol. The molecule has 6 heteroatoms. The summed E-state index contributed by atoms with van der Waals surface area (Å²) in [6, 6.07) is 5.21. The van der Waals surface area contributed by atoms with Crippen LogP contribution in [0, 0.1) is 0 Å². The number of aromatic nitrogens is 4. The fourth-order valence-electron chi connectivity index (χ4n) is 1.55. The van der Waals surface area contributed by atoms with Crippen LogP contribution >= 0.6 is 11.6 Å². The van der Waals surface area contributed by atoms with Crippen molar-refractivity contribution in [3.05, 3.63) is 40.0 Å². The molecule has 0 aliphatic carbocycles. The van der Waals surface area contributed by atoms with E-state index in [1.54, 1.807) is 18.2 Å². The van der Waals surface area contributed by atoms with Crippen LogP contribution in [0.2, 0.25) is 5.02 Å². The molecule has 0 saturated heterocycles. The number of benzene rings is 1. The van der Waals surface area contributed by atoms with Gasteiger partial charge in [-0.05, 0) is 18.2 Å². The number of aromatic amines is 1. The first-order valence-electron chi connectivity index (χ1n) is 4.27. The van der Waals surface area contributed by atoms with Gasteiger partial charge >= 0.3 is 5.69 Å². The molecule has 0 amide bonds. The van der Waals surface area contributed by atoms with Crippen molar-refractivity contribution in [3.63, 3.8) is 0 Å². The molecule has 0 fully saturated rings. The molecule has 3 rings (SSSR count). The number of H-pyrrole nitrogens is 1. The average Bonchev–Trinajstić information content (AvgIpc) is 2.69. The third-order valence-electron chi connectivity index (χ3n) is 2.20. The normalized spacial score (nSPS) is 11.3. The molecule has 5 nitrogen and oxygen atoms in total. The van der Waals surface area contributed by atoms with Crippen molar-refractivity contribution < 1.29 is 0 Å². The molecule has 0 spiro atoms. The standard InChI is InChI=1S/C9H5ClN4O/c10-5-1-2-7-6(3-5)8-11-4-12-14(8)9(15)13-7/h1-4H,(H,13,15). The lowest BCUT2D eigenvalue weighted by Crippen LogP contribution is -2.17. The molecule has 2 heterocycles. The first kappa shape index (κ1) is 8.43. The van der Waals surface area contributed by atoms with Gasteiger partial charge in [0.2, 0.25) is 0 Å². The summed E-state index contributed by atoms with van der Waals surface area (Å²) < 4.78 is 1.21. The predicted octanol–water partition coefficient (Wildman–Crippen LogP) is 1.22. The Hall–Kier alpha value is -1.88. The van der Waals surface area contributed by atoms with E-state index < -0.39 is 0 Å². The molecule has 74 valence electrons. The van der Waals surface area contributed by atoms with Crippen LogP contribution in [0.4, 0.5) is 0 Å². The van der Waals surface area contributed by atoms with E-state index in [-0.39, 0.29) is 5.69 Å². The van der Waals surface area contributed by atoms with Gasteiger partial charge in [0, 0.05) is 10.4 Å². The third kappa shape index (κ3) is 1.13. The van der Waals surface area contributed by atoms with Crippen LogP contribution < -0.4 is 5.69 Å². The first-order chi connectivity index (χ1) is 7.25. The van der Waals surface area contributed by atoms with Crippen molar-refractivity contribution in [1.29, 1.82) is 0 Å². The van der Waals surface area contributed by atoms with Crippen molar-refractivity contribution >= 4 is 28.2 Å². The van der Waals surface area contributed by atoms with Gasteiger partial charge in [-0.3, -0.25) is 0 Å². The Labute approximate surface area is 88.3 Å². The highest BCUT2D eigenvalue weighted by atomic mass is 35.5. The molecule has 0 aliphatic heterocycles. The summed E-state index contributed by atoms with van der Waals surface area (Å²) in [7, 11) is 0. The van der Waals surface area contributed by atoms with Gasteiger partial charge < -0.3 is 4.98 Å². The number of fused-ring (bicyclic) bond motifs is 3. The van der Waals surface area contributed by atoms with Gasteiger partial charge in [-0.15, -0.1) is 0 Å². The van der Waals surface area contributed by atoms with E-state index in [1.165, 1.54) is 10.8 Å². The summed E-state index contributed by atoms with van der Waals surface area (Å²) in [6.45, 7) is 0. The Kier molecular flexibility index (Phi) is 1.58. The Morgan fingerprint density at radius 1 is 1.40 bits per heavy atom. The van der Waals surface area contributed by atoms with E-state index in [4.69, 9.17) is 11.6 Å². The lowest BCUT2D eigenvalue weighted by molar-refractivity contribution is 0.881. The van der Waals surface area contributed by atoms with Crippen molar-refractivity contribution in [2.75, 3.05) is 0 Å². The molecule has 0 bridgehead atoms. The van der Waals surface area contributed by atoms with E-state index in [9.17, 15) is 4.79 Å². The van der Waals surface area contributed by atoms with Crippen LogP contribution in [0.1, 0.15) is 0 Å². The lowest BCUT2D eigenvalue weighted by Gasteiger charge is -1.99. The highest BCUT2D eigenvalue weighted by Gasteiger charge is 2.06. The zero-order chi connectivity index (χ0) is 10.4. The molecule has 0 atom stereocenters. The van der Waals surface area contributed by atoms with Crippen molar-refractivity contribution in [1.82, 2.24) is 19.6 Å². The second kappa shape index (κ2) is 2.80. The minimum Gasteiger partial charge on any atom is -0.305 e. The molecule has 0 aliphatic rings. The van der Waals surface area contributed by atoms with Gasteiger partial charge in [-0.2, -0.15) is 9.61 Å². The maximum atomic E-state index is 11.5. The number of hydrogen-bond acceptors (Lipinski definition) is 3. The number of nitrogens with one attached hydrogen (secondary N) is 1. The first-order valence-corrected chi connectivity index (χ1v) is 4.65. The highest BCUT2D eigenvalue weighted by molar-refractivity contribution is 6.31. The number of rotatable bonds is 0. The van der Waals surface area contributed by atoms with Crippen molar-refractivity contribution in [2.24, 2.45) is 0 Å². The second-order valence-corrected chi connectivity index (χ2v) is 3.55. The predicted molar refractivity (Wildman–Crippen MR) is 56.1 cm³/mol. The minimum absolute atomic E-state index is 0.308. The van der Waals surface area contributed by atoms with Crippen LogP contribution in [0.3, 0.4) is 0 Å². The maximum absolute atomic E-state index is 11.5. The van der Waals surface area contributed by atoms with E-state index in [0.717, 1.165) is 5.39 Å². The summed E-state index contributed by atoms with van der Waals surface area (Å²) >= 11 is 5.88. The molecule has 1 N–H and O–H groups in total. The molecule has 1 aromatic carbocycles. The van der Waals surface area contributed by atoms with Crippen molar-refractivity contribution in [3.8, 4) is 0 Å².